The number of nitrogens with zero attached hydrogens (tertiary/aromatic N) is 1. The third-order valence-corrected chi connectivity index (χ3v) is 2.06. The zero-order chi connectivity index (χ0) is 15.8. The Morgan fingerprint density at radius 2 is 1.70 bits per heavy atom. The summed E-state index contributed by atoms with van der Waals surface area (Å²) in [5.41, 5.74) is -0.552. The number of nitrogens with one attached hydrogen (secondary N) is 1. The van der Waals surface area contributed by atoms with Gasteiger partial charge in [-0.05, 0) is 27.7 Å². The van der Waals surface area contributed by atoms with Crippen molar-refractivity contribution in [2.24, 2.45) is 0 Å². The third-order valence-electron chi connectivity index (χ3n) is 2.06. The molecule has 0 unspecified atom stereocenters. The lowest BCUT2D eigenvalue weighted by Crippen LogP contribution is -2.41. The van der Waals surface area contributed by atoms with Crippen LogP contribution in [0.15, 0.2) is 0 Å². The molecule has 0 aromatic heterocycles. The standard InChI is InChI=1S/C13H24N2O5/c1-6-19-12(18)9-15(5)10(16)7-14-8-11(17)20-13(2,3)4/h14H,6-9H2,1-5H3. The predicted octanol–water partition coefficient (Wildman–Crippen LogP) is -0.0608. The summed E-state index contributed by atoms with van der Waals surface area (Å²) < 4.78 is 9.81. The van der Waals surface area contributed by atoms with Gasteiger partial charge in [0.25, 0.3) is 0 Å². The molecular formula is C13H24N2O5. The molecule has 7 heteroatoms. The molecule has 20 heavy (non-hydrogen) atoms. The van der Waals surface area contributed by atoms with Crippen LogP contribution in [-0.2, 0) is 23.9 Å². The summed E-state index contributed by atoms with van der Waals surface area (Å²) >= 11 is 0. The second kappa shape index (κ2) is 8.52. The molecule has 0 aliphatic rings. The lowest BCUT2D eigenvalue weighted by Gasteiger charge is -2.20. The van der Waals surface area contributed by atoms with Crippen LogP contribution in [0.4, 0.5) is 0 Å². The van der Waals surface area contributed by atoms with Crippen LogP contribution in [0, 0.1) is 0 Å². The molecule has 0 aliphatic carbocycles. The van der Waals surface area contributed by atoms with E-state index in [-0.39, 0.29) is 32.1 Å². The molecule has 0 aliphatic heterocycles. The molecule has 0 spiro atoms. The lowest BCUT2D eigenvalue weighted by molar-refractivity contribution is -0.154. The van der Waals surface area contributed by atoms with Crippen molar-refractivity contribution in [1.29, 1.82) is 0 Å². The molecule has 0 heterocycles. The van der Waals surface area contributed by atoms with Crippen LogP contribution >= 0.6 is 0 Å². The average Bonchev–Trinajstić information content (AvgIpc) is 2.26. The Morgan fingerprint density at radius 1 is 1.10 bits per heavy atom. The minimum Gasteiger partial charge on any atom is -0.465 e. The number of ether oxygens (including phenoxy) is 2. The highest BCUT2D eigenvalue weighted by Crippen LogP contribution is 2.06. The van der Waals surface area contributed by atoms with Gasteiger partial charge in [0.15, 0.2) is 0 Å². The molecule has 1 amide bonds. The van der Waals surface area contributed by atoms with E-state index in [0.717, 1.165) is 0 Å². The SMILES string of the molecule is CCOC(=O)CN(C)C(=O)CNCC(=O)OC(C)(C)C. The van der Waals surface area contributed by atoms with Crippen LogP contribution in [0.2, 0.25) is 0 Å². The second-order valence-corrected chi connectivity index (χ2v) is 5.24. The van der Waals surface area contributed by atoms with E-state index < -0.39 is 17.5 Å². The van der Waals surface area contributed by atoms with Gasteiger partial charge in [0.2, 0.25) is 5.91 Å². The number of carbonyl (C=O) groups excluding carboxylic acids is 3. The van der Waals surface area contributed by atoms with Gasteiger partial charge in [0.05, 0.1) is 19.7 Å². The Bertz CT molecular complexity index is 349. The van der Waals surface area contributed by atoms with Crippen molar-refractivity contribution in [3.63, 3.8) is 0 Å². The van der Waals surface area contributed by atoms with Crippen LogP contribution in [0.5, 0.6) is 0 Å². The first-order valence-electron chi connectivity index (χ1n) is 6.48. The van der Waals surface area contributed by atoms with E-state index in [9.17, 15) is 14.4 Å². The van der Waals surface area contributed by atoms with Crippen molar-refractivity contribution < 1.29 is 23.9 Å². The maximum absolute atomic E-state index is 11.7. The molecule has 116 valence electrons. The van der Waals surface area contributed by atoms with Crippen molar-refractivity contribution in [3.8, 4) is 0 Å². The molecule has 0 aromatic carbocycles. The van der Waals surface area contributed by atoms with E-state index in [4.69, 9.17) is 9.47 Å². The van der Waals surface area contributed by atoms with Gasteiger partial charge >= 0.3 is 11.9 Å². The monoisotopic (exact) mass is 288 g/mol. The van der Waals surface area contributed by atoms with Crippen molar-refractivity contribution >= 4 is 17.8 Å². The molecule has 0 bridgehead atoms. The van der Waals surface area contributed by atoms with Gasteiger partial charge in [-0.25, -0.2) is 0 Å². The smallest absolute Gasteiger partial charge is 0.325 e. The number of amides is 1. The summed E-state index contributed by atoms with van der Waals surface area (Å²) in [6.07, 6.45) is 0. The molecule has 0 radical (unpaired) electrons. The molecule has 0 fully saturated rings. The zero-order valence-electron chi connectivity index (χ0n) is 12.8. The van der Waals surface area contributed by atoms with Crippen LogP contribution in [0.3, 0.4) is 0 Å². The van der Waals surface area contributed by atoms with E-state index in [0.29, 0.717) is 0 Å². The zero-order valence-corrected chi connectivity index (χ0v) is 12.8. The Balaban J connectivity index is 3.93. The predicted molar refractivity (Wildman–Crippen MR) is 73.0 cm³/mol. The number of hydrogen-bond donors (Lipinski definition) is 1. The maximum Gasteiger partial charge on any atom is 0.325 e. The van der Waals surface area contributed by atoms with Gasteiger partial charge in [-0.1, -0.05) is 0 Å². The Kier molecular flexibility index (Phi) is 7.83. The minimum atomic E-state index is -0.552. The van der Waals surface area contributed by atoms with Gasteiger partial charge < -0.3 is 14.4 Å². The highest BCUT2D eigenvalue weighted by atomic mass is 16.6. The maximum atomic E-state index is 11.7. The number of rotatable bonds is 7. The third kappa shape index (κ3) is 9.32. The fraction of sp³-hybridized carbons (Fsp3) is 0.769. The quantitative estimate of drug-likeness (QED) is 0.661. The number of carbonyl (C=O) groups is 3. The molecule has 0 saturated carbocycles. The van der Waals surface area contributed by atoms with Crippen molar-refractivity contribution in [1.82, 2.24) is 10.2 Å². The number of esters is 2. The molecular weight excluding hydrogens is 264 g/mol. The van der Waals surface area contributed by atoms with E-state index in [1.807, 2.05) is 0 Å². The van der Waals surface area contributed by atoms with Gasteiger partial charge in [0.1, 0.15) is 12.1 Å². The first-order chi connectivity index (χ1) is 9.15. The van der Waals surface area contributed by atoms with Crippen LogP contribution < -0.4 is 5.32 Å². The first-order valence-corrected chi connectivity index (χ1v) is 6.48. The summed E-state index contributed by atoms with van der Waals surface area (Å²) in [4.78, 5) is 35.5. The number of hydrogen-bond acceptors (Lipinski definition) is 6. The van der Waals surface area contributed by atoms with Crippen LogP contribution in [0.1, 0.15) is 27.7 Å². The van der Waals surface area contributed by atoms with E-state index >= 15 is 0 Å². The fourth-order valence-electron chi connectivity index (χ4n) is 1.27. The second-order valence-electron chi connectivity index (χ2n) is 5.24. The average molecular weight is 288 g/mol. The largest absolute Gasteiger partial charge is 0.465 e. The van der Waals surface area contributed by atoms with Gasteiger partial charge in [-0.15, -0.1) is 0 Å². The van der Waals surface area contributed by atoms with Gasteiger partial charge in [0, 0.05) is 7.05 Å². The number of likely N-dealkylation sites (N-methyl/N-ethyl adjacent to an activating group) is 1. The summed E-state index contributed by atoms with van der Waals surface area (Å²) in [5, 5.41) is 2.68. The van der Waals surface area contributed by atoms with Gasteiger partial charge in [-0.3, -0.25) is 19.7 Å². The van der Waals surface area contributed by atoms with E-state index in [1.165, 1.54) is 11.9 Å². The molecule has 1 N–H and O–H groups in total. The summed E-state index contributed by atoms with van der Waals surface area (Å²) in [6, 6.07) is 0. The highest BCUT2D eigenvalue weighted by Gasteiger charge is 2.17. The fourth-order valence-corrected chi connectivity index (χ4v) is 1.27. The topological polar surface area (TPSA) is 84.9 Å². The highest BCUT2D eigenvalue weighted by molar-refractivity contribution is 5.83. The van der Waals surface area contributed by atoms with Crippen LogP contribution in [0.25, 0.3) is 0 Å². The first kappa shape index (κ1) is 18.4. The molecule has 0 saturated heterocycles. The normalized spacial score (nSPS) is 10.8. The molecule has 0 aromatic rings. The molecule has 0 rings (SSSR count). The Morgan fingerprint density at radius 3 is 2.20 bits per heavy atom. The van der Waals surface area contributed by atoms with Gasteiger partial charge in [-0.2, -0.15) is 0 Å². The van der Waals surface area contributed by atoms with E-state index in [1.54, 1.807) is 27.7 Å². The lowest BCUT2D eigenvalue weighted by atomic mass is 10.2. The van der Waals surface area contributed by atoms with E-state index in [2.05, 4.69) is 5.32 Å². The van der Waals surface area contributed by atoms with Crippen molar-refractivity contribution in [3.05, 3.63) is 0 Å². The van der Waals surface area contributed by atoms with Crippen LogP contribution in [-0.4, -0.2) is 61.6 Å². The summed E-state index contributed by atoms with van der Waals surface area (Å²) in [7, 11) is 1.49. The molecule has 7 nitrogen and oxygen atoms in total. The minimum absolute atomic E-state index is 0.0465. The summed E-state index contributed by atoms with van der Waals surface area (Å²) in [5.74, 6) is -1.20. The Labute approximate surface area is 119 Å². The molecule has 0 atom stereocenters. The van der Waals surface area contributed by atoms with Crippen molar-refractivity contribution in [2.45, 2.75) is 33.3 Å². The summed E-state index contributed by atoms with van der Waals surface area (Å²) in [6.45, 7) is 7.06. The Hall–Kier alpha value is -1.63. The van der Waals surface area contributed by atoms with Crippen molar-refractivity contribution in [2.75, 3.05) is 33.3 Å².